The summed E-state index contributed by atoms with van der Waals surface area (Å²) in [5, 5.41) is 3.33. The summed E-state index contributed by atoms with van der Waals surface area (Å²) in [6, 6.07) is 0. The van der Waals surface area contributed by atoms with E-state index < -0.39 is 0 Å². The normalized spacial score (nSPS) is 19.0. The molecule has 0 spiro atoms. The fourth-order valence-electron chi connectivity index (χ4n) is 1.95. The molecule has 0 radical (unpaired) electrons. The fourth-order valence-corrected chi connectivity index (χ4v) is 1.95. The van der Waals surface area contributed by atoms with Crippen molar-refractivity contribution in [1.82, 2.24) is 15.3 Å². The van der Waals surface area contributed by atoms with Crippen molar-refractivity contribution in [2.24, 2.45) is 5.92 Å². The third-order valence-corrected chi connectivity index (χ3v) is 2.98. The van der Waals surface area contributed by atoms with Crippen LogP contribution in [0.3, 0.4) is 0 Å². The molecule has 1 aromatic rings. The summed E-state index contributed by atoms with van der Waals surface area (Å²) < 4.78 is 11.1. The predicted octanol–water partition coefficient (Wildman–Crippen LogP) is 1.78. The van der Waals surface area contributed by atoms with Crippen molar-refractivity contribution < 1.29 is 9.47 Å². The van der Waals surface area contributed by atoms with E-state index in [1.807, 2.05) is 0 Å². The van der Waals surface area contributed by atoms with Gasteiger partial charge in [-0.3, -0.25) is 4.98 Å². The van der Waals surface area contributed by atoms with Crippen LogP contribution in [0.15, 0.2) is 12.4 Å². The molecule has 0 saturated carbocycles. The summed E-state index contributed by atoms with van der Waals surface area (Å²) in [5.41, 5.74) is 0.935. The molecule has 1 fully saturated rings. The average molecular weight is 265 g/mol. The second-order valence-electron chi connectivity index (χ2n) is 5.32. The number of aromatic nitrogens is 2. The molecule has 0 aromatic carbocycles. The summed E-state index contributed by atoms with van der Waals surface area (Å²) in [7, 11) is 0. The van der Waals surface area contributed by atoms with Gasteiger partial charge >= 0.3 is 0 Å². The molecule has 1 aliphatic rings. The van der Waals surface area contributed by atoms with Crippen molar-refractivity contribution in [3.05, 3.63) is 18.1 Å². The number of hydrogen-bond acceptors (Lipinski definition) is 5. The lowest BCUT2D eigenvalue weighted by molar-refractivity contribution is 0.0661. The van der Waals surface area contributed by atoms with Crippen molar-refractivity contribution in [2.75, 3.05) is 19.8 Å². The van der Waals surface area contributed by atoms with Crippen LogP contribution in [0.4, 0.5) is 0 Å². The summed E-state index contributed by atoms with van der Waals surface area (Å²) in [6.45, 7) is 7.51. The van der Waals surface area contributed by atoms with Crippen LogP contribution in [-0.4, -0.2) is 35.8 Å². The van der Waals surface area contributed by atoms with E-state index in [-0.39, 0.29) is 6.10 Å². The maximum Gasteiger partial charge on any atom is 0.232 e. The molecule has 1 aromatic heterocycles. The van der Waals surface area contributed by atoms with Crippen molar-refractivity contribution in [3.63, 3.8) is 0 Å². The second-order valence-corrected chi connectivity index (χ2v) is 5.32. The van der Waals surface area contributed by atoms with Gasteiger partial charge in [0.15, 0.2) is 0 Å². The lowest BCUT2D eigenvalue weighted by Crippen LogP contribution is -2.20. The molecule has 0 aliphatic carbocycles. The Morgan fingerprint density at radius 1 is 1.42 bits per heavy atom. The molecule has 5 nitrogen and oxygen atoms in total. The van der Waals surface area contributed by atoms with Gasteiger partial charge in [0, 0.05) is 13.2 Å². The molecule has 5 heteroatoms. The van der Waals surface area contributed by atoms with Gasteiger partial charge in [0.05, 0.1) is 24.2 Å². The summed E-state index contributed by atoms with van der Waals surface area (Å²) in [6.07, 6.45) is 5.86. The van der Waals surface area contributed by atoms with Crippen LogP contribution in [0.1, 0.15) is 32.4 Å². The minimum absolute atomic E-state index is 0.217. The van der Waals surface area contributed by atoms with E-state index in [4.69, 9.17) is 9.47 Å². The zero-order valence-corrected chi connectivity index (χ0v) is 11.8. The van der Waals surface area contributed by atoms with Gasteiger partial charge in [0.25, 0.3) is 0 Å². The van der Waals surface area contributed by atoms with Gasteiger partial charge in [-0.2, -0.15) is 0 Å². The Bertz CT molecular complexity index is 361. The van der Waals surface area contributed by atoms with Gasteiger partial charge < -0.3 is 14.8 Å². The van der Waals surface area contributed by atoms with E-state index in [1.54, 1.807) is 12.4 Å². The smallest absolute Gasteiger partial charge is 0.232 e. The minimum atomic E-state index is 0.217. The standard InChI is InChI=1S/C14H23N3O2/c1-11(2)6-15-7-12-8-17-14(9-16-12)19-10-13-4-3-5-18-13/h8-9,11,13,15H,3-7,10H2,1-2H3. The molecule has 1 N–H and O–H groups in total. The van der Waals surface area contributed by atoms with E-state index in [0.29, 0.717) is 18.4 Å². The summed E-state index contributed by atoms with van der Waals surface area (Å²) in [5.74, 6) is 1.21. The Balaban J connectivity index is 1.71. The van der Waals surface area contributed by atoms with E-state index >= 15 is 0 Å². The number of hydrogen-bond donors (Lipinski definition) is 1. The summed E-state index contributed by atoms with van der Waals surface area (Å²) >= 11 is 0. The van der Waals surface area contributed by atoms with Crippen LogP contribution in [0.2, 0.25) is 0 Å². The Kier molecular flexibility index (Phi) is 5.54. The first kappa shape index (κ1) is 14.2. The highest BCUT2D eigenvalue weighted by molar-refractivity contribution is 5.07. The minimum Gasteiger partial charge on any atom is -0.474 e. The zero-order chi connectivity index (χ0) is 13.5. The number of ether oxygens (including phenoxy) is 2. The third-order valence-electron chi connectivity index (χ3n) is 2.98. The molecule has 1 atom stereocenters. The maximum atomic E-state index is 5.57. The molecule has 1 unspecified atom stereocenters. The Morgan fingerprint density at radius 3 is 2.95 bits per heavy atom. The van der Waals surface area contributed by atoms with Crippen LogP contribution >= 0.6 is 0 Å². The molecule has 2 rings (SSSR count). The second kappa shape index (κ2) is 7.40. The lowest BCUT2D eigenvalue weighted by Gasteiger charge is -2.11. The number of nitrogens with one attached hydrogen (secondary N) is 1. The van der Waals surface area contributed by atoms with Gasteiger partial charge in [-0.15, -0.1) is 0 Å². The van der Waals surface area contributed by atoms with E-state index in [2.05, 4.69) is 29.1 Å². The zero-order valence-electron chi connectivity index (χ0n) is 11.8. The highest BCUT2D eigenvalue weighted by atomic mass is 16.5. The largest absolute Gasteiger partial charge is 0.474 e. The first-order chi connectivity index (χ1) is 9.24. The average Bonchev–Trinajstić information content (AvgIpc) is 2.90. The van der Waals surface area contributed by atoms with Crippen LogP contribution in [0.25, 0.3) is 0 Å². The van der Waals surface area contributed by atoms with Crippen LogP contribution in [0.5, 0.6) is 5.88 Å². The van der Waals surface area contributed by atoms with Gasteiger partial charge in [-0.05, 0) is 25.3 Å². The first-order valence-corrected chi connectivity index (χ1v) is 7.00. The van der Waals surface area contributed by atoms with E-state index in [1.165, 1.54) is 0 Å². The molecule has 1 aliphatic heterocycles. The molecule has 2 heterocycles. The third kappa shape index (κ3) is 5.12. The molecule has 0 amide bonds. The predicted molar refractivity (Wildman–Crippen MR) is 73.0 cm³/mol. The molecule has 0 bridgehead atoms. The van der Waals surface area contributed by atoms with Gasteiger partial charge in [-0.25, -0.2) is 4.98 Å². The molecule has 106 valence electrons. The van der Waals surface area contributed by atoms with Crippen LogP contribution < -0.4 is 10.1 Å². The highest BCUT2D eigenvalue weighted by Crippen LogP contribution is 2.13. The summed E-state index contributed by atoms with van der Waals surface area (Å²) in [4.78, 5) is 8.59. The highest BCUT2D eigenvalue weighted by Gasteiger charge is 2.16. The maximum absolute atomic E-state index is 5.57. The Labute approximate surface area is 114 Å². The Morgan fingerprint density at radius 2 is 2.32 bits per heavy atom. The quantitative estimate of drug-likeness (QED) is 0.814. The topological polar surface area (TPSA) is 56.3 Å². The van der Waals surface area contributed by atoms with Gasteiger partial charge in [0.2, 0.25) is 5.88 Å². The lowest BCUT2D eigenvalue weighted by atomic mass is 10.2. The SMILES string of the molecule is CC(C)CNCc1cnc(OCC2CCCO2)cn1. The van der Waals surface area contributed by atoms with Crippen molar-refractivity contribution >= 4 is 0 Å². The fraction of sp³-hybridized carbons (Fsp3) is 0.714. The van der Waals surface area contributed by atoms with Crippen molar-refractivity contribution in [2.45, 2.75) is 39.3 Å². The molecular formula is C14H23N3O2. The molecule has 1 saturated heterocycles. The van der Waals surface area contributed by atoms with E-state index in [0.717, 1.165) is 38.2 Å². The van der Waals surface area contributed by atoms with Crippen molar-refractivity contribution in [1.29, 1.82) is 0 Å². The van der Waals surface area contributed by atoms with Gasteiger partial charge in [-0.1, -0.05) is 13.8 Å². The number of rotatable bonds is 7. The number of nitrogens with zero attached hydrogens (tertiary/aromatic N) is 2. The molecule has 19 heavy (non-hydrogen) atoms. The monoisotopic (exact) mass is 265 g/mol. The van der Waals surface area contributed by atoms with E-state index in [9.17, 15) is 0 Å². The first-order valence-electron chi connectivity index (χ1n) is 7.00. The van der Waals surface area contributed by atoms with Crippen molar-refractivity contribution in [3.8, 4) is 5.88 Å². The van der Waals surface area contributed by atoms with Crippen LogP contribution in [0, 0.1) is 5.92 Å². The van der Waals surface area contributed by atoms with Gasteiger partial charge in [0.1, 0.15) is 6.61 Å². The Hall–Kier alpha value is -1.20. The van der Waals surface area contributed by atoms with Crippen LogP contribution in [-0.2, 0) is 11.3 Å². The molecular weight excluding hydrogens is 242 g/mol.